The summed E-state index contributed by atoms with van der Waals surface area (Å²) in [6.07, 6.45) is 3.20. The van der Waals surface area contributed by atoms with Gasteiger partial charge >= 0.3 is 0 Å². The van der Waals surface area contributed by atoms with Gasteiger partial charge in [-0.1, -0.05) is 30.3 Å². The summed E-state index contributed by atoms with van der Waals surface area (Å²) in [6.45, 7) is 3.68. The van der Waals surface area contributed by atoms with Crippen LogP contribution in [0.5, 0.6) is 0 Å². The second-order valence-corrected chi connectivity index (χ2v) is 4.13. The molecule has 18 heavy (non-hydrogen) atoms. The Morgan fingerprint density at radius 1 is 1.33 bits per heavy atom. The number of amides is 1. The first kappa shape index (κ1) is 12.3. The van der Waals surface area contributed by atoms with Gasteiger partial charge in [0.15, 0.2) is 5.78 Å². The lowest BCUT2D eigenvalue weighted by Crippen LogP contribution is -2.23. The summed E-state index contributed by atoms with van der Waals surface area (Å²) in [5, 5.41) is 2.54. The number of nitrogens with one attached hydrogen (secondary N) is 1. The Labute approximate surface area is 106 Å². The molecule has 3 nitrogen and oxygen atoms in total. The summed E-state index contributed by atoms with van der Waals surface area (Å²) in [7, 11) is 1.54. The highest BCUT2D eigenvalue weighted by Crippen LogP contribution is 2.35. The Hall–Kier alpha value is -2.16. The standard InChI is InChI=1S/C15H15NO2/c1-3-4-7-11-10-8-5-6-9-12(10)14(17)13(11)15(18)16-2/h3,5-6,8-9H,1,4,7H2,2H3,(H,16,18). The highest BCUT2D eigenvalue weighted by Gasteiger charge is 2.32. The van der Waals surface area contributed by atoms with Crippen molar-refractivity contribution in [2.24, 2.45) is 0 Å². The van der Waals surface area contributed by atoms with Crippen molar-refractivity contribution < 1.29 is 9.59 Å². The van der Waals surface area contributed by atoms with Crippen LogP contribution in [-0.2, 0) is 4.79 Å². The Morgan fingerprint density at radius 3 is 2.61 bits per heavy atom. The van der Waals surface area contributed by atoms with Crippen LogP contribution in [0.15, 0.2) is 42.5 Å². The molecular weight excluding hydrogens is 226 g/mol. The second-order valence-electron chi connectivity index (χ2n) is 4.13. The van der Waals surface area contributed by atoms with Gasteiger partial charge in [-0.3, -0.25) is 9.59 Å². The number of allylic oxidation sites excluding steroid dienone is 2. The van der Waals surface area contributed by atoms with Crippen LogP contribution >= 0.6 is 0 Å². The quantitative estimate of drug-likeness (QED) is 0.649. The van der Waals surface area contributed by atoms with Gasteiger partial charge in [-0.2, -0.15) is 0 Å². The molecule has 0 saturated carbocycles. The zero-order chi connectivity index (χ0) is 13.1. The fourth-order valence-electron chi connectivity index (χ4n) is 2.22. The maximum atomic E-state index is 12.2. The number of rotatable bonds is 4. The largest absolute Gasteiger partial charge is 0.355 e. The van der Waals surface area contributed by atoms with Crippen molar-refractivity contribution in [2.45, 2.75) is 12.8 Å². The third kappa shape index (κ3) is 1.88. The van der Waals surface area contributed by atoms with Crippen molar-refractivity contribution in [3.63, 3.8) is 0 Å². The molecule has 0 radical (unpaired) electrons. The molecule has 1 N–H and O–H groups in total. The summed E-state index contributed by atoms with van der Waals surface area (Å²) in [5.74, 6) is -0.487. The van der Waals surface area contributed by atoms with Gasteiger partial charge in [-0.15, -0.1) is 6.58 Å². The van der Waals surface area contributed by atoms with Crippen LogP contribution in [0.25, 0.3) is 5.57 Å². The molecule has 1 aliphatic rings. The lowest BCUT2D eigenvalue weighted by Gasteiger charge is -2.05. The molecule has 0 bridgehead atoms. The number of carbonyl (C=O) groups is 2. The van der Waals surface area contributed by atoms with Gasteiger partial charge in [0.2, 0.25) is 0 Å². The zero-order valence-corrected chi connectivity index (χ0v) is 10.3. The lowest BCUT2D eigenvalue weighted by atomic mass is 10.0. The third-order valence-electron chi connectivity index (χ3n) is 3.08. The molecule has 0 saturated heterocycles. The average molecular weight is 241 g/mol. The first-order chi connectivity index (χ1) is 8.70. The smallest absolute Gasteiger partial charge is 0.255 e. The van der Waals surface area contributed by atoms with Gasteiger partial charge in [0.05, 0.1) is 5.57 Å². The van der Waals surface area contributed by atoms with Crippen LogP contribution in [0.1, 0.15) is 28.8 Å². The van der Waals surface area contributed by atoms with Gasteiger partial charge < -0.3 is 5.32 Å². The van der Waals surface area contributed by atoms with Gasteiger partial charge in [-0.05, 0) is 24.0 Å². The molecule has 3 heteroatoms. The maximum Gasteiger partial charge on any atom is 0.255 e. The van der Waals surface area contributed by atoms with E-state index in [4.69, 9.17) is 0 Å². The molecule has 0 fully saturated rings. The molecule has 0 aromatic heterocycles. The van der Waals surface area contributed by atoms with Crippen molar-refractivity contribution in [1.29, 1.82) is 0 Å². The minimum Gasteiger partial charge on any atom is -0.355 e. The zero-order valence-electron chi connectivity index (χ0n) is 10.3. The molecule has 1 amide bonds. The molecule has 0 unspecified atom stereocenters. The van der Waals surface area contributed by atoms with Crippen LogP contribution in [0.4, 0.5) is 0 Å². The molecule has 0 heterocycles. The number of ketones is 1. The number of carbonyl (C=O) groups excluding carboxylic acids is 2. The lowest BCUT2D eigenvalue weighted by molar-refractivity contribution is -0.116. The molecule has 0 atom stereocenters. The van der Waals surface area contributed by atoms with E-state index in [1.54, 1.807) is 12.1 Å². The Morgan fingerprint density at radius 2 is 2.00 bits per heavy atom. The number of hydrogen-bond donors (Lipinski definition) is 1. The van der Waals surface area contributed by atoms with E-state index in [2.05, 4.69) is 11.9 Å². The van der Waals surface area contributed by atoms with E-state index < -0.39 is 0 Å². The first-order valence-corrected chi connectivity index (χ1v) is 5.91. The fourth-order valence-corrected chi connectivity index (χ4v) is 2.22. The molecule has 0 aliphatic heterocycles. The van der Waals surface area contributed by atoms with Crippen molar-refractivity contribution in [3.05, 3.63) is 53.6 Å². The van der Waals surface area contributed by atoms with E-state index in [9.17, 15) is 9.59 Å². The second kappa shape index (κ2) is 5.00. The predicted octanol–water partition coefficient (Wildman–Crippen LogP) is 2.35. The minimum atomic E-state index is -0.310. The van der Waals surface area contributed by atoms with Crippen LogP contribution in [0.3, 0.4) is 0 Å². The van der Waals surface area contributed by atoms with Crippen LogP contribution < -0.4 is 5.32 Å². The SMILES string of the molecule is C=CCCC1=C(C(=O)NC)C(=O)c2ccccc21. The molecule has 1 aromatic rings. The fraction of sp³-hybridized carbons (Fsp3) is 0.200. The van der Waals surface area contributed by atoms with E-state index >= 15 is 0 Å². The summed E-state index contributed by atoms with van der Waals surface area (Å²) >= 11 is 0. The van der Waals surface area contributed by atoms with E-state index in [-0.39, 0.29) is 17.3 Å². The number of likely N-dealkylation sites (N-methyl/N-ethyl adjacent to an activating group) is 1. The molecule has 92 valence electrons. The monoisotopic (exact) mass is 241 g/mol. The van der Waals surface area contributed by atoms with Crippen molar-refractivity contribution in [3.8, 4) is 0 Å². The van der Waals surface area contributed by atoms with Gasteiger partial charge in [0.1, 0.15) is 0 Å². The summed E-state index contributed by atoms with van der Waals surface area (Å²) in [5.41, 5.74) is 2.61. The van der Waals surface area contributed by atoms with Crippen molar-refractivity contribution >= 4 is 17.3 Å². The first-order valence-electron chi connectivity index (χ1n) is 5.91. The minimum absolute atomic E-state index is 0.177. The summed E-state index contributed by atoms with van der Waals surface area (Å²) in [6, 6.07) is 7.35. The Bertz CT molecular complexity index is 555. The Balaban J connectivity index is 2.54. The van der Waals surface area contributed by atoms with Crippen molar-refractivity contribution in [1.82, 2.24) is 5.32 Å². The van der Waals surface area contributed by atoms with E-state index in [1.165, 1.54) is 7.05 Å². The molecule has 2 rings (SSSR count). The highest BCUT2D eigenvalue weighted by atomic mass is 16.2. The highest BCUT2D eigenvalue weighted by molar-refractivity contribution is 6.34. The third-order valence-corrected chi connectivity index (χ3v) is 3.08. The maximum absolute atomic E-state index is 12.2. The van der Waals surface area contributed by atoms with E-state index in [1.807, 2.05) is 18.2 Å². The molecule has 1 aromatic carbocycles. The topological polar surface area (TPSA) is 46.2 Å². The van der Waals surface area contributed by atoms with Crippen LogP contribution in [-0.4, -0.2) is 18.7 Å². The molecule has 1 aliphatic carbocycles. The molecule has 0 spiro atoms. The number of hydrogen-bond acceptors (Lipinski definition) is 2. The number of Topliss-reactive ketones (excluding diaryl/α,β-unsaturated/α-hetero) is 1. The molecular formula is C15H15NO2. The van der Waals surface area contributed by atoms with Crippen molar-refractivity contribution in [2.75, 3.05) is 7.05 Å². The van der Waals surface area contributed by atoms with Gasteiger partial charge in [0.25, 0.3) is 5.91 Å². The van der Waals surface area contributed by atoms with Gasteiger partial charge in [-0.25, -0.2) is 0 Å². The summed E-state index contributed by atoms with van der Waals surface area (Å²) in [4.78, 5) is 24.1. The predicted molar refractivity (Wildman–Crippen MR) is 71.2 cm³/mol. The summed E-state index contributed by atoms with van der Waals surface area (Å²) < 4.78 is 0. The normalized spacial score (nSPS) is 13.5. The number of fused-ring (bicyclic) bond motifs is 1. The van der Waals surface area contributed by atoms with Gasteiger partial charge in [0, 0.05) is 12.6 Å². The van der Waals surface area contributed by atoms with Crippen LogP contribution in [0, 0.1) is 0 Å². The van der Waals surface area contributed by atoms with Crippen LogP contribution in [0.2, 0.25) is 0 Å². The average Bonchev–Trinajstić information content (AvgIpc) is 2.69. The van der Waals surface area contributed by atoms with E-state index in [0.29, 0.717) is 12.0 Å². The Kier molecular flexibility index (Phi) is 3.42. The van der Waals surface area contributed by atoms with E-state index in [0.717, 1.165) is 17.6 Å². The number of benzene rings is 1.